The van der Waals surface area contributed by atoms with Gasteiger partial charge in [0.2, 0.25) is 0 Å². The van der Waals surface area contributed by atoms with Crippen molar-refractivity contribution < 1.29 is 5.21 Å². The van der Waals surface area contributed by atoms with E-state index in [0.717, 1.165) is 4.85 Å². The van der Waals surface area contributed by atoms with Crippen LogP contribution in [0.25, 0.3) is 0 Å². The first kappa shape index (κ1) is 4.39. The fraction of sp³-hybridized carbons (Fsp3) is 0. The van der Waals surface area contributed by atoms with Crippen molar-refractivity contribution in [2.75, 3.05) is 0 Å². The Kier molecular flexibility index (Phi) is 0.867. The lowest BCUT2D eigenvalue weighted by Crippen LogP contribution is -1.86. The van der Waals surface area contributed by atoms with Crippen LogP contribution < -0.4 is 0 Å². The Labute approximate surface area is 45.1 Å². The molecule has 7 heavy (non-hydrogen) atoms. The van der Waals surface area contributed by atoms with Crippen LogP contribution in [0.2, 0.25) is 0 Å². The summed E-state index contributed by atoms with van der Waals surface area (Å²) in [5.41, 5.74) is 0. The van der Waals surface area contributed by atoms with Crippen LogP contribution in [0.1, 0.15) is 0 Å². The largest absolute Gasteiger partial charge is 0.413 e. The molecule has 0 spiro atoms. The summed E-state index contributed by atoms with van der Waals surface area (Å²) >= 11 is 4.60. The topological polar surface area (TPSA) is 41.0 Å². The minimum Gasteiger partial charge on any atom is -0.413 e. The number of aromatic nitrogens is 2. The number of aromatic amines is 1. The number of nitrogens with one attached hydrogen (secondary N) is 1. The van der Waals surface area contributed by atoms with Crippen LogP contribution in [0, 0.1) is 4.64 Å². The van der Waals surface area contributed by atoms with Gasteiger partial charge < -0.3 is 5.21 Å². The van der Waals surface area contributed by atoms with Crippen LogP contribution in [0.15, 0.2) is 12.3 Å². The summed E-state index contributed by atoms with van der Waals surface area (Å²) in [5.74, 6) is 0. The van der Waals surface area contributed by atoms with E-state index in [1.807, 2.05) is 0 Å². The molecule has 1 heterocycles. The van der Waals surface area contributed by atoms with Crippen molar-refractivity contribution in [2.45, 2.75) is 0 Å². The maximum absolute atomic E-state index is 8.45. The van der Waals surface area contributed by atoms with Crippen molar-refractivity contribution in [1.82, 2.24) is 9.94 Å². The van der Waals surface area contributed by atoms with E-state index in [1.165, 1.54) is 6.20 Å². The Morgan fingerprint density at radius 2 is 2.57 bits per heavy atom. The lowest BCUT2D eigenvalue weighted by Gasteiger charge is -1.80. The maximum atomic E-state index is 8.45. The molecule has 0 radical (unpaired) electrons. The first-order valence-electron chi connectivity index (χ1n) is 1.76. The highest BCUT2D eigenvalue weighted by Gasteiger charge is 1.76. The maximum Gasteiger partial charge on any atom is 0.122 e. The van der Waals surface area contributed by atoms with Crippen LogP contribution in [0.4, 0.5) is 0 Å². The zero-order chi connectivity index (χ0) is 5.28. The molecule has 0 aliphatic heterocycles. The summed E-state index contributed by atoms with van der Waals surface area (Å²) in [6.07, 6.45) is 1.43. The van der Waals surface area contributed by atoms with Gasteiger partial charge in [0.05, 0.1) is 6.20 Å². The summed E-state index contributed by atoms with van der Waals surface area (Å²) in [5, 5.41) is 10.9. The molecule has 1 aromatic rings. The zero-order valence-corrected chi connectivity index (χ0v) is 4.27. The number of nitrogens with zero attached hydrogens (tertiary/aromatic N) is 1. The van der Waals surface area contributed by atoms with Gasteiger partial charge in [0.15, 0.2) is 0 Å². The smallest absolute Gasteiger partial charge is 0.122 e. The first-order chi connectivity index (χ1) is 3.29. The van der Waals surface area contributed by atoms with E-state index in [2.05, 4.69) is 17.3 Å². The van der Waals surface area contributed by atoms with Gasteiger partial charge in [0.1, 0.15) is 4.64 Å². The second-order valence-corrected chi connectivity index (χ2v) is 1.58. The van der Waals surface area contributed by atoms with Crippen LogP contribution in [-0.4, -0.2) is 15.2 Å². The Morgan fingerprint density at radius 1 is 1.86 bits per heavy atom. The highest BCUT2D eigenvalue weighted by molar-refractivity contribution is 7.71. The van der Waals surface area contributed by atoms with Crippen molar-refractivity contribution in [3.8, 4) is 0 Å². The summed E-state index contributed by atoms with van der Waals surface area (Å²) < 4.78 is 0.530. The van der Waals surface area contributed by atoms with Crippen molar-refractivity contribution in [3.63, 3.8) is 0 Å². The summed E-state index contributed by atoms with van der Waals surface area (Å²) in [6.45, 7) is 0. The predicted molar refractivity (Wildman–Crippen MR) is 26.8 cm³/mol. The first-order valence-corrected chi connectivity index (χ1v) is 2.17. The van der Waals surface area contributed by atoms with Crippen molar-refractivity contribution in [1.29, 1.82) is 0 Å². The van der Waals surface area contributed by atoms with Crippen LogP contribution >= 0.6 is 12.2 Å². The second kappa shape index (κ2) is 1.38. The van der Waals surface area contributed by atoms with E-state index in [0.29, 0.717) is 4.64 Å². The van der Waals surface area contributed by atoms with E-state index in [4.69, 9.17) is 5.21 Å². The molecule has 38 valence electrons. The average Bonchev–Trinajstić information content (AvgIpc) is 1.87. The van der Waals surface area contributed by atoms with Crippen LogP contribution in [0.3, 0.4) is 0 Å². The van der Waals surface area contributed by atoms with Gasteiger partial charge in [0.25, 0.3) is 0 Å². The molecule has 0 fully saturated rings. The Bertz CT molecular complexity index is 201. The van der Waals surface area contributed by atoms with Crippen LogP contribution in [-0.2, 0) is 0 Å². The SMILES string of the molecule is On1ccc(=S)[nH]1. The zero-order valence-electron chi connectivity index (χ0n) is 3.46. The molecule has 0 unspecified atom stereocenters. The standard InChI is InChI=1S/C3H4N2OS/c6-5-2-1-3(7)4-5/h1-2,6H,(H,4,7). The van der Waals surface area contributed by atoms with Gasteiger partial charge in [-0.25, -0.2) is 0 Å². The van der Waals surface area contributed by atoms with Gasteiger partial charge in [-0.2, -0.15) is 0 Å². The molecular formula is C3H4N2OS. The van der Waals surface area contributed by atoms with Gasteiger partial charge in [-0.15, -0.1) is 4.85 Å². The number of hydrogen-bond acceptors (Lipinski definition) is 2. The van der Waals surface area contributed by atoms with Gasteiger partial charge in [-0.1, -0.05) is 12.2 Å². The van der Waals surface area contributed by atoms with Crippen molar-refractivity contribution in [2.24, 2.45) is 0 Å². The van der Waals surface area contributed by atoms with Crippen molar-refractivity contribution >= 4 is 12.2 Å². The molecule has 4 heteroatoms. The molecule has 3 nitrogen and oxygen atoms in total. The number of hydrogen-bond donors (Lipinski definition) is 2. The minimum atomic E-state index is 0.530. The quantitative estimate of drug-likeness (QED) is 0.388. The third-order valence-electron chi connectivity index (χ3n) is 0.592. The normalized spacial score (nSPS) is 9.14. The second-order valence-electron chi connectivity index (χ2n) is 1.14. The lowest BCUT2D eigenvalue weighted by molar-refractivity contribution is 0.148. The lowest BCUT2D eigenvalue weighted by atomic mass is 10.8. The number of rotatable bonds is 0. The fourth-order valence-electron chi connectivity index (χ4n) is 0.326. The highest BCUT2D eigenvalue weighted by atomic mass is 32.1. The average molecular weight is 116 g/mol. The van der Waals surface area contributed by atoms with E-state index in [-0.39, 0.29) is 0 Å². The molecule has 1 rings (SSSR count). The van der Waals surface area contributed by atoms with Gasteiger partial charge in [0, 0.05) is 0 Å². The van der Waals surface area contributed by atoms with Crippen molar-refractivity contribution in [3.05, 3.63) is 16.9 Å². The van der Waals surface area contributed by atoms with Gasteiger partial charge >= 0.3 is 0 Å². The molecule has 1 aromatic heterocycles. The number of H-pyrrole nitrogens is 1. The Balaban J connectivity index is 3.30. The van der Waals surface area contributed by atoms with Gasteiger partial charge in [-0.3, -0.25) is 5.10 Å². The monoisotopic (exact) mass is 116 g/mol. The molecule has 0 saturated carbocycles. The van der Waals surface area contributed by atoms with E-state index < -0.39 is 0 Å². The summed E-state index contributed by atoms with van der Waals surface area (Å²) in [7, 11) is 0. The molecule has 0 atom stereocenters. The summed E-state index contributed by atoms with van der Waals surface area (Å²) in [4.78, 5) is 0.808. The minimum absolute atomic E-state index is 0.530. The van der Waals surface area contributed by atoms with Gasteiger partial charge in [-0.05, 0) is 6.07 Å². The van der Waals surface area contributed by atoms with E-state index in [9.17, 15) is 0 Å². The molecule has 0 aromatic carbocycles. The third kappa shape index (κ3) is 0.806. The fourth-order valence-corrected chi connectivity index (χ4v) is 0.480. The molecule has 0 aliphatic rings. The summed E-state index contributed by atoms with van der Waals surface area (Å²) in [6, 6.07) is 1.59. The van der Waals surface area contributed by atoms with Crippen LogP contribution in [0.5, 0.6) is 0 Å². The third-order valence-corrected chi connectivity index (χ3v) is 0.819. The predicted octanol–water partition coefficient (Wildman–Crippen LogP) is 0.783. The Hall–Kier alpha value is -0.770. The Morgan fingerprint density at radius 3 is 2.71 bits per heavy atom. The van der Waals surface area contributed by atoms with E-state index in [1.54, 1.807) is 6.07 Å². The molecule has 2 N–H and O–H groups in total. The molecule has 0 bridgehead atoms. The molecular weight excluding hydrogens is 112 g/mol. The highest BCUT2D eigenvalue weighted by Crippen LogP contribution is 1.80. The molecule has 0 saturated heterocycles. The van der Waals surface area contributed by atoms with E-state index >= 15 is 0 Å². The molecule has 0 aliphatic carbocycles. The molecule has 0 amide bonds.